The van der Waals surface area contributed by atoms with E-state index in [0.29, 0.717) is 12.1 Å². The highest BCUT2D eigenvalue weighted by atomic mass is 32.2. The van der Waals surface area contributed by atoms with E-state index in [9.17, 15) is 18.0 Å². The van der Waals surface area contributed by atoms with Gasteiger partial charge >= 0.3 is 0 Å². The van der Waals surface area contributed by atoms with E-state index >= 15 is 0 Å². The average molecular weight is 536 g/mol. The maximum atomic E-state index is 14.0. The van der Waals surface area contributed by atoms with Crippen molar-refractivity contribution in [3.63, 3.8) is 0 Å². The summed E-state index contributed by atoms with van der Waals surface area (Å²) in [7, 11) is -4.06. The second kappa shape index (κ2) is 13.2. The first kappa shape index (κ1) is 28.9. The molecule has 0 aliphatic carbocycles. The Hall–Kier alpha value is -3.65. The largest absolute Gasteiger partial charge is 0.352 e. The van der Waals surface area contributed by atoms with Crippen molar-refractivity contribution < 1.29 is 18.0 Å². The van der Waals surface area contributed by atoms with Gasteiger partial charge in [0.05, 0.1) is 10.6 Å². The van der Waals surface area contributed by atoms with Gasteiger partial charge in [-0.2, -0.15) is 0 Å². The molecule has 0 heterocycles. The predicted octanol–water partition coefficient (Wildman–Crippen LogP) is 4.78. The number of carbonyl (C=O) groups is 2. The molecule has 0 fully saturated rings. The lowest BCUT2D eigenvalue weighted by Crippen LogP contribution is -2.53. The van der Waals surface area contributed by atoms with E-state index in [1.54, 1.807) is 30.3 Å². The molecule has 3 aromatic rings. The van der Waals surface area contributed by atoms with E-state index in [2.05, 4.69) is 5.32 Å². The van der Waals surface area contributed by atoms with Crippen molar-refractivity contribution in [2.45, 2.75) is 64.1 Å². The lowest BCUT2D eigenvalue weighted by atomic mass is 10.1. The molecule has 38 heavy (non-hydrogen) atoms. The van der Waals surface area contributed by atoms with Crippen LogP contribution in [0.1, 0.15) is 45.2 Å². The average Bonchev–Trinajstić information content (AvgIpc) is 2.92. The summed E-state index contributed by atoms with van der Waals surface area (Å²) < 4.78 is 28.7. The fourth-order valence-electron chi connectivity index (χ4n) is 4.23. The third-order valence-electron chi connectivity index (χ3n) is 6.26. The summed E-state index contributed by atoms with van der Waals surface area (Å²) in [5, 5.41) is 2.90. The Balaban J connectivity index is 2.04. The number of amides is 2. The van der Waals surface area contributed by atoms with E-state index in [1.165, 1.54) is 17.0 Å². The third kappa shape index (κ3) is 7.22. The zero-order valence-electron chi connectivity index (χ0n) is 22.5. The molecule has 0 saturated heterocycles. The lowest BCUT2D eigenvalue weighted by Gasteiger charge is -2.33. The van der Waals surface area contributed by atoms with Gasteiger partial charge in [-0.15, -0.1) is 0 Å². The van der Waals surface area contributed by atoms with Crippen LogP contribution in [-0.4, -0.2) is 43.8 Å². The zero-order valence-corrected chi connectivity index (χ0v) is 23.3. The summed E-state index contributed by atoms with van der Waals surface area (Å²) in [6, 6.07) is 23.8. The number of rotatable bonds is 12. The highest BCUT2D eigenvalue weighted by molar-refractivity contribution is 7.92. The quantitative estimate of drug-likeness (QED) is 0.362. The van der Waals surface area contributed by atoms with Crippen molar-refractivity contribution in [3.05, 3.63) is 96.1 Å². The Morgan fingerprint density at radius 3 is 1.92 bits per heavy atom. The molecular formula is C30H37N3O4S. The minimum absolute atomic E-state index is 0.0894. The number of anilines is 1. The van der Waals surface area contributed by atoms with Crippen LogP contribution < -0.4 is 9.62 Å². The summed E-state index contributed by atoms with van der Waals surface area (Å²) >= 11 is 0. The van der Waals surface area contributed by atoms with Crippen LogP contribution in [0.5, 0.6) is 0 Å². The maximum absolute atomic E-state index is 14.0. The molecule has 0 aliphatic rings. The first-order chi connectivity index (χ1) is 18.2. The number of nitrogens with one attached hydrogen (secondary N) is 1. The molecule has 0 saturated carbocycles. The zero-order chi connectivity index (χ0) is 27.7. The van der Waals surface area contributed by atoms with Gasteiger partial charge in [0.1, 0.15) is 12.6 Å². The molecule has 0 aliphatic heterocycles. The Morgan fingerprint density at radius 2 is 1.39 bits per heavy atom. The molecule has 3 rings (SSSR count). The van der Waals surface area contributed by atoms with Crippen LogP contribution in [0.3, 0.4) is 0 Å². The minimum atomic E-state index is -4.06. The molecule has 1 N–H and O–H groups in total. The molecule has 2 amide bonds. The SMILES string of the molecule is CCc1ccc(N(CC(=O)N(Cc2ccccc2)[C@@H](CC)C(=O)NC(C)C)S(=O)(=O)c2ccccc2)cc1. The molecular weight excluding hydrogens is 498 g/mol. The van der Waals surface area contributed by atoms with Crippen LogP contribution >= 0.6 is 0 Å². The standard InChI is InChI=1S/C30H37N3O4S/c1-5-24-17-19-26(20-18-24)33(38(36,37)27-15-11-8-12-16-27)22-29(34)32(21-25-13-9-7-10-14-25)28(6-2)30(35)31-23(3)4/h7-20,23,28H,5-6,21-22H2,1-4H3,(H,31,35)/t28-/m0/s1. The maximum Gasteiger partial charge on any atom is 0.264 e. The monoisotopic (exact) mass is 535 g/mol. The van der Waals surface area contributed by atoms with Crippen LogP contribution in [0.25, 0.3) is 0 Å². The Morgan fingerprint density at radius 1 is 0.816 bits per heavy atom. The van der Waals surface area contributed by atoms with Gasteiger partial charge in [0.15, 0.2) is 0 Å². The molecule has 0 aromatic heterocycles. The fraction of sp³-hybridized carbons (Fsp3) is 0.333. The van der Waals surface area contributed by atoms with E-state index in [1.807, 2.05) is 70.2 Å². The van der Waals surface area contributed by atoms with Crippen LogP contribution in [-0.2, 0) is 32.6 Å². The van der Waals surface area contributed by atoms with Crippen LogP contribution in [0.15, 0.2) is 89.8 Å². The van der Waals surface area contributed by atoms with Crippen LogP contribution in [0.4, 0.5) is 5.69 Å². The van der Waals surface area contributed by atoms with Crippen molar-refractivity contribution in [1.29, 1.82) is 0 Å². The van der Waals surface area contributed by atoms with Gasteiger partial charge in [0, 0.05) is 12.6 Å². The summed E-state index contributed by atoms with van der Waals surface area (Å²) in [4.78, 5) is 28.7. The number of hydrogen-bond donors (Lipinski definition) is 1. The van der Waals surface area contributed by atoms with Gasteiger partial charge in [-0.3, -0.25) is 13.9 Å². The molecule has 202 valence electrons. The summed E-state index contributed by atoms with van der Waals surface area (Å²) in [6.45, 7) is 7.33. The smallest absolute Gasteiger partial charge is 0.264 e. The molecule has 0 unspecified atom stereocenters. The highest BCUT2D eigenvalue weighted by Gasteiger charge is 2.33. The van der Waals surface area contributed by atoms with Crippen molar-refractivity contribution in [1.82, 2.24) is 10.2 Å². The number of nitrogens with zero attached hydrogens (tertiary/aromatic N) is 2. The number of sulfonamides is 1. The van der Waals surface area contributed by atoms with E-state index in [4.69, 9.17) is 0 Å². The molecule has 8 heteroatoms. The molecule has 0 spiro atoms. The third-order valence-corrected chi connectivity index (χ3v) is 8.04. The predicted molar refractivity (Wildman–Crippen MR) is 151 cm³/mol. The van der Waals surface area contributed by atoms with Crippen molar-refractivity contribution in [2.24, 2.45) is 0 Å². The lowest BCUT2D eigenvalue weighted by molar-refractivity contribution is -0.140. The van der Waals surface area contributed by atoms with E-state index in [0.717, 1.165) is 21.9 Å². The second-order valence-corrected chi connectivity index (χ2v) is 11.3. The number of aryl methyl sites for hydroxylation is 1. The van der Waals surface area contributed by atoms with E-state index in [-0.39, 0.29) is 23.4 Å². The van der Waals surface area contributed by atoms with E-state index < -0.39 is 28.5 Å². The summed E-state index contributed by atoms with van der Waals surface area (Å²) in [5.74, 6) is -0.727. The van der Waals surface area contributed by atoms with Gasteiger partial charge in [-0.1, -0.05) is 74.5 Å². The van der Waals surface area contributed by atoms with Gasteiger partial charge in [0.25, 0.3) is 10.0 Å². The Labute approximate surface area is 226 Å². The van der Waals surface area contributed by atoms with Crippen molar-refractivity contribution in [2.75, 3.05) is 10.8 Å². The normalized spacial score (nSPS) is 12.1. The topological polar surface area (TPSA) is 86.8 Å². The van der Waals surface area contributed by atoms with Crippen molar-refractivity contribution in [3.8, 4) is 0 Å². The minimum Gasteiger partial charge on any atom is -0.352 e. The molecule has 3 aromatic carbocycles. The molecule has 1 atom stereocenters. The summed E-state index contributed by atoms with van der Waals surface area (Å²) in [6.07, 6.45) is 1.19. The van der Waals surface area contributed by atoms with Gasteiger partial charge < -0.3 is 10.2 Å². The fourth-order valence-corrected chi connectivity index (χ4v) is 5.66. The first-order valence-electron chi connectivity index (χ1n) is 13.0. The Bertz CT molecular complexity index is 1290. The van der Waals surface area contributed by atoms with Crippen LogP contribution in [0, 0.1) is 0 Å². The molecule has 0 radical (unpaired) electrons. The number of hydrogen-bond acceptors (Lipinski definition) is 4. The van der Waals surface area contributed by atoms with Crippen molar-refractivity contribution >= 4 is 27.5 Å². The highest BCUT2D eigenvalue weighted by Crippen LogP contribution is 2.25. The Kier molecular flexibility index (Phi) is 10.1. The second-order valence-electron chi connectivity index (χ2n) is 9.44. The summed E-state index contributed by atoms with van der Waals surface area (Å²) in [5.41, 5.74) is 2.29. The number of carbonyl (C=O) groups excluding carboxylic acids is 2. The molecule has 0 bridgehead atoms. The van der Waals surface area contributed by atoms with Crippen LogP contribution in [0.2, 0.25) is 0 Å². The van der Waals surface area contributed by atoms with Gasteiger partial charge in [-0.25, -0.2) is 8.42 Å². The van der Waals surface area contributed by atoms with Gasteiger partial charge in [-0.05, 0) is 62.1 Å². The number of benzene rings is 3. The first-order valence-corrected chi connectivity index (χ1v) is 14.4. The molecule has 7 nitrogen and oxygen atoms in total. The van der Waals surface area contributed by atoms with Gasteiger partial charge in [0.2, 0.25) is 11.8 Å².